The van der Waals surface area contributed by atoms with E-state index in [4.69, 9.17) is 0 Å². The van der Waals surface area contributed by atoms with E-state index in [-0.39, 0.29) is 11.7 Å². The summed E-state index contributed by atoms with van der Waals surface area (Å²) in [6, 6.07) is 9.49. The van der Waals surface area contributed by atoms with Crippen LogP contribution in [0.15, 0.2) is 66.4 Å². The van der Waals surface area contributed by atoms with E-state index in [1.807, 2.05) is 36.5 Å². The number of aliphatic imine (C=N–C) groups is 1. The summed E-state index contributed by atoms with van der Waals surface area (Å²) in [5.74, 6) is -0.232. The molecule has 2 aromatic heterocycles. The summed E-state index contributed by atoms with van der Waals surface area (Å²) >= 11 is 0. The fourth-order valence-corrected chi connectivity index (χ4v) is 2.97. The Hall–Kier alpha value is -3.80. The number of rotatable bonds is 4. The molecule has 1 aromatic carbocycles. The number of amides is 1. The monoisotopic (exact) mass is 356 g/mol. The SMILES string of the molecule is C=CC(=O)Nc1cccc(-c2cnc3[nH]cc(C4=CC(=O)CC=N4)c3c2)c1. The predicted molar refractivity (Wildman–Crippen MR) is 106 cm³/mol. The van der Waals surface area contributed by atoms with E-state index in [1.54, 1.807) is 18.5 Å². The van der Waals surface area contributed by atoms with Crippen LogP contribution in [-0.2, 0) is 9.59 Å². The lowest BCUT2D eigenvalue weighted by Gasteiger charge is -2.07. The van der Waals surface area contributed by atoms with Crippen LogP contribution in [0.3, 0.4) is 0 Å². The minimum Gasteiger partial charge on any atom is -0.345 e. The van der Waals surface area contributed by atoms with Crippen LogP contribution in [0.1, 0.15) is 12.0 Å². The molecule has 0 fully saturated rings. The first-order chi connectivity index (χ1) is 13.1. The van der Waals surface area contributed by atoms with Gasteiger partial charge in [-0.2, -0.15) is 0 Å². The Bertz CT molecular complexity index is 1140. The van der Waals surface area contributed by atoms with Crippen molar-refractivity contribution in [2.75, 3.05) is 5.32 Å². The average Bonchev–Trinajstić information content (AvgIpc) is 3.11. The van der Waals surface area contributed by atoms with Crippen molar-refractivity contribution in [3.63, 3.8) is 0 Å². The zero-order valence-electron chi connectivity index (χ0n) is 14.4. The third kappa shape index (κ3) is 3.32. The first-order valence-corrected chi connectivity index (χ1v) is 8.42. The van der Waals surface area contributed by atoms with E-state index < -0.39 is 0 Å². The standard InChI is InChI=1S/C21H16N4O2/c1-2-20(27)25-15-5-3-4-13(8-15)14-9-17-18(12-24-21(17)23-11-14)19-10-16(26)6-7-22-19/h2-5,7-12H,1,6H2,(H,23,24)(H,25,27). The molecular formula is C21H16N4O2. The zero-order valence-corrected chi connectivity index (χ0v) is 14.4. The van der Waals surface area contributed by atoms with Crippen molar-refractivity contribution in [3.8, 4) is 11.1 Å². The Morgan fingerprint density at radius 2 is 2.15 bits per heavy atom. The maximum absolute atomic E-state index is 11.7. The number of anilines is 1. The van der Waals surface area contributed by atoms with Gasteiger partial charge in [-0.15, -0.1) is 0 Å². The van der Waals surface area contributed by atoms with E-state index in [0.717, 1.165) is 27.7 Å². The number of nitrogens with one attached hydrogen (secondary N) is 2. The first-order valence-electron chi connectivity index (χ1n) is 8.42. The Morgan fingerprint density at radius 3 is 2.96 bits per heavy atom. The highest BCUT2D eigenvalue weighted by atomic mass is 16.1. The molecule has 0 spiro atoms. The number of carbonyl (C=O) groups excluding carboxylic acids is 2. The maximum atomic E-state index is 11.7. The fraction of sp³-hybridized carbons (Fsp3) is 0.0476. The molecule has 27 heavy (non-hydrogen) atoms. The second-order valence-electron chi connectivity index (χ2n) is 6.11. The van der Waals surface area contributed by atoms with Crippen LogP contribution in [0.2, 0.25) is 0 Å². The third-order valence-electron chi connectivity index (χ3n) is 4.28. The molecule has 0 radical (unpaired) electrons. The number of fused-ring (bicyclic) bond motifs is 1. The van der Waals surface area contributed by atoms with Crippen molar-refractivity contribution < 1.29 is 9.59 Å². The Balaban J connectivity index is 1.76. The van der Waals surface area contributed by atoms with Crippen molar-refractivity contribution in [1.29, 1.82) is 0 Å². The zero-order chi connectivity index (χ0) is 18.8. The number of ketones is 1. The summed E-state index contributed by atoms with van der Waals surface area (Å²) in [4.78, 5) is 35.2. The molecular weight excluding hydrogens is 340 g/mol. The molecule has 0 saturated carbocycles. The largest absolute Gasteiger partial charge is 0.345 e. The number of pyridine rings is 1. The van der Waals surface area contributed by atoms with E-state index in [1.165, 1.54) is 6.08 Å². The molecule has 0 atom stereocenters. The van der Waals surface area contributed by atoms with Crippen molar-refractivity contribution in [3.05, 3.63) is 67.0 Å². The van der Waals surface area contributed by atoms with Crippen LogP contribution in [-0.4, -0.2) is 27.9 Å². The van der Waals surface area contributed by atoms with Crippen molar-refractivity contribution in [1.82, 2.24) is 9.97 Å². The second-order valence-corrected chi connectivity index (χ2v) is 6.11. The van der Waals surface area contributed by atoms with E-state index in [9.17, 15) is 9.59 Å². The average molecular weight is 356 g/mol. The number of H-pyrrole nitrogens is 1. The highest BCUT2D eigenvalue weighted by Gasteiger charge is 2.14. The van der Waals surface area contributed by atoms with Crippen molar-refractivity contribution in [2.24, 2.45) is 4.99 Å². The highest BCUT2D eigenvalue weighted by molar-refractivity contribution is 6.09. The summed E-state index contributed by atoms with van der Waals surface area (Å²) in [5, 5.41) is 3.63. The number of aromatic nitrogens is 2. The van der Waals surface area contributed by atoms with Crippen LogP contribution in [0.25, 0.3) is 27.9 Å². The summed E-state index contributed by atoms with van der Waals surface area (Å²) in [6.45, 7) is 3.46. The molecule has 1 aliphatic rings. The van der Waals surface area contributed by atoms with Crippen LogP contribution in [0.4, 0.5) is 5.69 Å². The van der Waals surface area contributed by atoms with Gasteiger partial charge in [0.25, 0.3) is 0 Å². The molecule has 6 heteroatoms. The summed E-state index contributed by atoms with van der Waals surface area (Å²) < 4.78 is 0. The number of aromatic amines is 1. The van der Waals surface area contributed by atoms with Gasteiger partial charge in [-0.3, -0.25) is 14.6 Å². The van der Waals surface area contributed by atoms with E-state index in [0.29, 0.717) is 17.8 Å². The van der Waals surface area contributed by atoms with E-state index in [2.05, 4.69) is 26.9 Å². The minimum atomic E-state index is -0.264. The summed E-state index contributed by atoms with van der Waals surface area (Å²) in [6.07, 6.45) is 8.32. The number of hydrogen-bond donors (Lipinski definition) is 2. The van der Waals surface area contributed by atoms with Crippen LogP contribution in [0, 0.1) is 0 Å². The smallest absolute Gasteiger partial charge is 0.247 e. The van der Waals surface area contributed by atoms with Crippen molar-refractivity contribution in [2.45, 2.75) is 6.42 Å². The van der Waals surface area contributed by atoms with Gasteiger partial charge in [-0.05, 0) is 29.8 Å². The van der Waals surface area contributed by atoms with Gasteiger partial charge in [0, 0.05) is 53.3 Å². The molecule has 0 unspecified atom stereocenters. The molecule has 1 aliphatic heterocycles. The van der Waals surface area contributed by atoms with Crippen LogP contribution < -0.4 is 5.32 Å². The van der Waals surface area contributed by atoms with Gasteiger partial charge in [0.05, 0.1) is 5.70 Å². The lowest BCUT2D eigenvalue weighted by atomic mass is 10.0. The Labute approximate surface area is 155 Å². The number of benzene rings is 1. The van der Waals surface area contributed by atoms with Crippen LogP contribution in [0.5, 0.6) is 0 Å². The second kappa shape index (κ2) is 6.84. The molecule has 0 saturated heterocycles. The highest BCUT2D eigenvalue weighted by Crippen LogP contribution is 2.30. The molecule has 3 aromatic rings. The maximum Gasteiger partial charge on any atom is 0.247 e. The number of allylic oxidation sites excluding steroid dienone is 1. The summed E-state index contributed by atoms with van der Waals surface area (Å²) in [5.41, 5.74) is 4.67. The van der Waals surface area contributed by atoms with Gasteiger partial charge in [0.1, 0.15) is 5.65 Å². The quantitative estimate of drug-likeness (QED) is 0.698. The number of carbonyl (C=O) groups is 2. The molecule has 0 bridgehead atoms. The lowest BCUT2D eigenvalue weighted by molar-refractivity contribution is -0.113. The normalized spacial score (nSPS) is 13.5. The van der Waals surface area contributed by atoms with Crippen LogP contribution >= 0.6 is 0 Å². The van der Waals surface area contributed by atoms with Gasteiger partial charge in [0.2, 0.25) is 5.91 Å². The van der Waals surface area contributed by atoms with Gasteiger partial charge in [-0.1, -0.05) is 18.7 Å². The summed E-state index contributed by atoms with van der Waals surface area (Å²) in [7, 11) is 0. The number of hydrogen-bond acceptors (Lipinski definition) is 4. The minimum absolute atomic E-state index is 0.0316. The third-order valence-corrected chi connectivity index (χ3v) is 4.28. The first kappa shape index (κ1) is 16.7. The van der Waals surface area contributed by atoms with E-state index >= 15 is 0 Å². The molecule has 132 valence electrons. The molecule has 3 heterocycles. The van der Waals surface area contributed by atoms with Gasteiger partial charge >= 0.3 is 0 Å². The topological polar surface area (TPSA) is 87.2 Å². The molecule has 2 N–H and O–H groups in total. The lowest BCUT2D eigenvalue weighted by Crippen LogP contribution is -2.06. The molecule has 4 rings (SSSR count). The Kier molecular flexibility index (Phi) is 4.22. The van der Waals surface area contributed by atoms with Crippen molar-refractivity contribution >= 4 is 40.3 Å². The molecule has 6 nitrogen and oxygen atoms in total. The predicted octanol–water partition coefficient (Wildman–Crippen LogP) is 3.74. The Morgan fingerprint density at radius 1 is 1.26 bits per heavy atom. The van der Waals surface area contributed by atoms with Gasteiger partial charge in [-0.25, -0.2) is 4.98 Å². The fourth-order valence-electron chi connectivity index (χ4n) is 2.97. The number of nitrogens with zero attached hydrogens (tertiary/aromatic N) is 2. The van der Waals surface area contributed by atoms with Gasteiger partial charge < -0.3 is 10.3 Å². The molecule has 0 aliphatic carbocycles. The van der Waals surface area contributed by atoms with Gasteiger partial charge in [0.15, 0.2) is 5.78 Å². The molecule has 1 amide bonds.